The number of rotatable bonds is 6. The normalized spacial score (nSPS) is 21.9. The van der Waals surface area contributed by atoms with E-state index in [4.69, 9.17) is 9.47 Å². The highest BCUT2D eigenvalue weighted by Crippen LogP contribution is 2.29. The summed E-state index contributed by atoms with van der Waals surface area (Å²) in [5.74, 6) is 1.01. The molecule has 21 heavy (non-hydrogen) atoms. The molecule has 5 heteroatoms. The molecule has 1 N–H and O–H groups in total. The molecule has 1 saturated heterocycles. The van der Waals surface area contributed by atoms with Crippen LogP contribution < -0.4 is 10.1 Å². The van der Waals surface area contributed by atoms with Gasteiger partial charge in [0.05, 0.1) is 19.8 Å². The maximum Gasteiger partial charge on any atom is 0.241 e. The predicted octanol–water partition coefficient (Wildman–Crippen LogP) is 1.86. The van der Waals surface area contributed by atoms with Crippen molar-refractivity contribution in [3.05, 3.63) is 29.3 Å². The van der Waals surface area contributed by atoms with Crippen molar-refractivity contribution in [3.8, 4) is 5.75 Å². The van der Waals surface area contributed by atoms with E-state index in [2.05, 4.69) is 11.4 Å². The molecule has 1 aromatic carbocycles. The number of carbonyl (C=O) groups is 1. The van der Waals surface area contributed by atoms with Crippen LogP contribution in [0.1, 0.15) is 30.6 Å². The Hall–Kier alpha value is -1.59. The van der Waals surface area contributed by atoms with Crippen LogP contribution in [-0.2, 0) is 9.53 Å². The average molecular weight is 292 g/mol. The minimum absolute atomic E-state index is 0.0952. The third-order valence-corrected chi connectivity index (χ3v) is 3.93. The van der Waals surface area contributed by atoms with Gasteiger partial charge in [0.2, 0.25) is 5.91 Å². The van der Waals surface area contributed by atoms with Gasteiger partial charge in [-0.05, 0) is 36.6 Å². The van der Waals surface area contributed by atoms with Crippen LogP contribution in [0, 0.1) is 6.92 Å². The molecule has 2 rings (SSSR count). The molecular formula is C16H24N2O3. The number of nitrogens with zero attached hydrogens (tertiary/aromatic N) is 1. The molecule has 0 aliphatic carbocycles. The minimum Gasteiger partial charge on any atom is -0.496 e. The summed E-state index contributed by atoms with van der Waals surface area (Å²) in [4.78, 5) is 14.3. The van der Waals surface area contributed by atoms with Crippen molar-refractivity contribution in [2.24, 2.45) is 0 Å². The highest BCUT2D eigenvalue weighted by Gasteiger charge is 2.38. The molecule has 0 radical (unpaired) electrons. The second kappa shape index (κ2) is 6.91. The number of carbonyl (C=O) groups excluding carboxylic acids is 1. The van der Waals surface area contributed by atoms with Gasteiger partial charge in [-0.3, -0.25) is 10.1 Å². The lowest BCUT2D eigenvalue weighted by Gasteiger charge is -2.24. The van der Waals surface area contributed by atoms with Crippen LogP contribution in [0.25, 0.3) is 0 Å². The molecule has 1 amide bonds. The lowest BCUT2D eigenvalue weighted by Crippen LogP contribution is -2.33. The van der Waals surface area contributed by atoms with Crippen LogP contribution >= 0.6 is 0 Å². The molecule has 1 aliphatic rings. The van der Waals surface area contributed by atoms with Crippen molar-refractivity contribution < 1.29 is 14.3 Å². The summed E-state index contributed by atoms with van der Waals surface area (Å²) in [6.45, 7) is 5.16. The largest absolute Gasteiger partial charge is 0.496 e. The first-order valence-corrected chi connectivity index (χ1v) is 7.32. The lowest BCUT2D eigenvalue weighted by molar-refractivity contribution is -0.130. The van der Waals surface area contributed by atoms with Crippen LogP contribution in [0.15, 0.2) is 18.2 Å². The summed E-state index contributed by atoms with van der Waals surface area (Å²) in [6.07, 6.45) is 0.690. The molecule has 0 aromatic heterocycles. The van der Waals surface area contributed by atoms with Gasteiger partial charge in [-0.15, -0.1) is 0 Å². The van der Waals surface area contributed by atoms with E-state index in [0.717, 1.165) is 23.3 Å². The zero-order valence-electron chi connectivity index (χ0n) is 13.2. The highest BCUT2D eigenvalue weighted by atomic mass is 16.5. The van der Waals surface area contributed by atoms with Crippen LogP contribution in [0.3, 0.4) is 0 Å². The Morgan fingerprint density at radius 3 is 2.67 bits per heavy atom. The number of hydrogen-bond acceptors (Lipinski definition) is 4. The third-order valence-electron chi connectivity index (χ3n) is 3.93. The third kappa shape index (κ3) is 3.19. The quantitative estimate of drug-likeness (QED) is 0.869. The Kier molecular flexibility index (Phi) is 5.20. The number of methoxy groups -OCH3 is 2. The number of benzene rings is 1. The summed E-state index contributed by atoms with van der Waals surface area (Å²) < 4.78 is 10.4. The summed E-state index contributed by atoms with van der Waals surface area (Å²) in [5.41, 5.74) is 2.14. The van der Waals surface area contributed by atoms with Crippen molar-refractivity contribution in [1.29, 1.82) is 0 Å². The van der Waals surface area contributed by atoms with Gasteiger partial charge < -0.3 is 14.4 Å². The number of nitrogens with one attached hydrogen (secondary N) is 1. The van der Waals surface area contributed by atoms with Gasteiger partial charge in [-0.1, -0.05) is 13.0 Å². The van der Waals surface area contributed by atoms with Crippen molar-refractivity contribution in [2.75, 3.05) is 27.4 Å². The van der Waals surface area contributed by atoms with Gasteiger partial charge >= 0.3 is 0 Å². The molecule has 0 saturated carbocycles. The van der Waals surface area contributed by atoms with Crippen LogP contribution in [0.5, 0.6) is 5.75 Å². The van der Waals surface area contributed by atoms with Gasteiger partial charge in [0.1, 0.15) is 11.9 Å². The van der Waals surface area contributed by atoms with Crippen LogP contribution in [-0.4, -0.2) is 44.2 Å². The molecule has 2 atom stereocenters. The zero-order chi connectivity index (χ0) is 15.4. The number of amides is 1. The Balaban J connectivity index is 2.26. The molecule has 1 aliphatic heterocycles. The summed E-state index contributed by atoms with van der Waals surface area (Å²) in [7, 11) is 3.31. The fraction of sp³-hybridized carbons (Fsp3) is 0.562. The molecule has 0 bridgehead atoms. The van der Waals surface area contributed by atoms with Crippen LogP contribution in [0.4, 0.5) is 0 Å². The van der Waals surface area contributed by atoms with Crippen molar-refractivity contribution >= 4 is 5.91 Å². The van der Waals surface area contributed by atoms with Gasteiger partial charge in [0.15, 0.2) is 0 Å². The minimum atomic E-state index is -0.116. The first kappa shape index (κ1) is 15.8. The summed E-state index contributed by atoms with van der Waals surface area (Å²) in [6, 6.07) is 5.91. The van der Waals surface area contributed by atoms with E-state index in [9.17, 15) is 4.79 Å². The van der Waals surface area contributed by atoms with Crippen molar-refractivity contribution in [3.63, 3.8) is 0 Å². The Morgan fingerprint density at radius 2 is 2.10 bits per heavy atom. The van der Waals surface area contributed by atoms with Crippen molar-refractivity contribution in [2.45, 2.75) is 32.5 Å². The predicted molar refractivity (Wildman–Crippen MR) is 81.3 cm³/mol. The van der Waals surface area contributed by atoms with E-state index in [-0.39, 0.29) is 18.1 Å². The SMILES string of the molecule is CCC1NC(c2ccc(OC)c(C)c2)N(CCOC)C1=O. The first-order valence-electron chi connectivity index (χ1n) is 7.32. The maximum atomic E-state index is 12.4. The van der Waals surface area contributed by atoms with E-state index in [1.165, 1.54) is 0 Å². The van der Waals surface area contributed by atoms with E-state index < -0.39 is 0 Å². The fourth-order valence-electron chi connectivity index (χ4n) is 2.75. The van der Waals surface area contributed by atoms with E-state index in [1.54, 1.807) is 14.2 Å². The highest BCUT2D eigenvalue weighted by molar-refractivity contribution is 5.84. The molecule has 2 unspecified atom stereocenters. The van der Waals surface area contributed by atoms with Gasteiger partial charge in [0.25, 0.3) is 0 Å². The van der Waals surface area contributed by atoms with Gasteiger partial charge in [0, 0.05) is 13.7 Å². The zero-order valence-corrected chi connectivity index (χ0v) is 13.2. The molecular weight excluding hydrogens is 268 g/mol. The summed E-state index contributed by atoms with van der Waals surface area (Å²) in [5, 5.41) is 3.41. The number of hydrogen-bond donors (Lipinski definition) is 1. The average Bonchev–Trinajstić information content (AvgIpc) is 2.81. The standard InChI is InChI=1S/C16H24N2O3/c1-5-13-16(19)18(8-9-20-3)15(17-13)12-6-7-14(21-4)11(2)10-12/h6-7,10,13,15,17H,5,8-9H2,1-4H3. The maximum absolute atomic E-state index is 12.4. The monoisotopic (exact) mass is 292 g/mol. The molecule has 1 fully saturated rings. The van der Waals surface area contributed by atoms with Crippen molar-refractivity contribution in [1.82, 2.24) is 10.2 Å². The smallest absolute Gasteiger partial charge is 0.241 e. The number of aryl methyl sites for hydroxylation is 1. The van der Waals surface area contributed by atoms with Crippen LogP contribution in [0.2, 0.25) is 0 Å². The molecule has 1 aromatic rings. The first-order chi connectivity index (χ1) is 10.1. The molecule has 116 valence electrons. The molecule has 1 heterocycles. The Labute approximate surface area is 126 Å². The second-order valence-corrected chi connectivity index (χ2v) is 5.28. The van der Waals surface area contributed by atoms with E-state index >= 15 is 0 Å². The van der Waals surface area contributed by atoms with Gasteiger partial charge in [-0.2, -0.15) is 0 Å². The Bertz CT molecular complexity index is 504. The Morgan fingerprint density at radius 1 is 1.33 bits per heavy atom. The van der Waals surface area contributed by atoms with E-state index in [0.29, 0.717) is 13.2 Å². The topological polar surface area (TPSA) is 50.8 Å². The van der Waals surface area contributed by atoms with E-state index in [1.807, 2.05) is 30.9 Å². The lowest BCUT2D eigenvalue weighted by atomic mass is 10.1. The second-order valence-electron chi connectivity index (χ2n) is 5.28. The fourth-order valence-corrected chi connectivity index (χ4v) is 2.75. The van der Waals surface area contributed by atoms with Gasteiger partial charge in [-0.25, -0.2) is 0 Å². The molecule has 5 nitrogen and oxygen atoms in total. The number of ether oxygens (including phenoxy) is 2. The molecule has 0 spiro atoms. The summed E-state index contributed by atoms with van der Waals surface area (Å²) >= 11 is 0.